The van der Waals surface area contributed by atoms with Gasteiger partial charge in [-0.1, -0.05) is 22.0 Å². The molecule has 3 aromatic rings. The molecule has 0 amide bonds. The minimum Gasteiger partial charge on any atom is -0.478 e. The number of aryl methyl sites for hydroxylation is 1. The number of hydrogen-bond donors (Lipinski definition) is 1. The number of carboxylic acids is 1. The maximum absolute atomic E-state index is 10.9. The first-order chi connectivity index (χ1) is 9.54. The molecule has 0 aliphatic rings. The van der Waals surface area contributed by atoms with E-state index in [4.69, 9.17) is 9.52 Å². The Kier molecular flexibility index (Phi) is 3.06. The predicted octanol–water partition coefficient (Wildman–Crippen LogP) is 4.26. The Bertz CT molecular complexity index is 823. The largest absolute Gasteiger partial charge is 0.478 e. The van der Waals surface area contributed by atoms with Crippen LogP contribution in [0.1, 0.15) is 15.9 Å². The van der Waals surface area contributed by atoms with Crippen LogP contribution in [0.15, 0.2) is 45.3 Å². The van der Waals surface area contributed by atoms with Crippen LogP contribution in [0.25, 0.3) is 22.6 Å². The molecule has 0 saturated heterocycles. The number of carboxylic acid groups (broad SMARTS) is 1. The van der Waals surface area contributed by atoms with Crippen molar-refractivity contribution < 1.29 is 14.3 Å². The van der Waals surface area contributed by atoms with Crippen LogP contribution in [0.5, 0.6) is 0 Å². The number of aromatic nitrogens is 1. The molecular formula is C15H10BrNO3. The Labute approximate surface area is 123 Å². The molecule has 1 heterocycles. The number of fused-ring (bicyclic) bond motifs is 1. The summed E-state index contributed by atoms with van der Waals surface area (Å²) < 4.78 is 6.63. The average molecular weight is 332 g/mol. The molecule has 0 aliphatic heterocycles. The number of benzene rings is 2. The van der Waals surface area contributed by atoms with Crippen molar-refractivity contribution >= 4 is 33.0 Å². The number of carbonyl (C=O) groups is 1. The van der Waals surface area contributed by atoms with Gasteiger partial charge in [0.05, 0.1) is 5.56 Å². The van der Waals surface area contributed by atoms with Gasteiger partial charge in [-0.05, 0) is 42.8 Å². The van der Waals surface area contributed by atoms with Crippen LogP contribution in [0, 0.1) is 6.92 Å². The monoisotopic (exact) mass is 331 g/mol. The van der Waals surface area contributed by atoms with Crippen molar-refractivity contribution in [1.82, 2.24) is 4.98 Å². The van der Waals surface area contributed by atoms with Crippen molar-refractivity contribution in [2.45, 2.75) is 6.92 Å². The van der Waals surface area contributed by atoms with Gasteiger partial charge in [-0.3, -0.25) is 0 Å². The molecule has 1 N–H and O–H groups in total. The molecule has 0 bridgehead atoms. The summed E-state index contributed by atoms with van der Waals surface area (Å²) in [5.74, 6) is -0.502. The fraction of sp³-hybridized carbons (Fsp3) is 0.0667. The summed E-state index contributed by atoms with van der Waals surface area (Å²) in [6, 6.07) is 10.5. The first-order valence-electron chi connectivity index (χ1n) is 5.95. The van der Waals surface area contributed by atoms with E-state index in [1.54, 1.807) is 6.07 Å². The summed E-state index contributed by atoms with van der Waals surface area (Å²) in [6.45, 7) is 2.00. The van der Waals surface area contributed by atoms with Crippen molar-refractivity contribution in [1.29, 1.82) is 0 Å². The average Bonchev–Trinajstić information content (AvgIpc) is 2.84. The molecule has 20 heavy (non-hydrogen) atoms. The lowest BCUT2D eigenvalue weighted by molar-refractivity contribution is 0.0697. The smallest absolute Gasteiger partial charge is 0.335 e. The van der Waals surface area contributed by atoms with Crippen molar-refractivity contribution in [2.24, 2.45) is 0 Å². The highest BCUT2D eigenvalue weighted by Gasteiger charge is 2.11. The van der Waals surface area contributed by atoms with E-state index in [0.29, 0.717) is 17.0 Å². The maximum atomic E-state index is 10.9. The van der Waals surface area contributed by atoms with Gasteiger partial charge in [-0.2, -0.15) is 0 Å². The fourth-order valence-corrected chi connectivity index (χ4v) is 2.29. The van der Waals surface area contributed by atoms with Crippen LogP contribution < -0.4 is 0 Å². The van der Waals surface area contributed by atoms with Crippen molar-refractivity contribution in [2.75, 3.05) is 0 Å². The first-order valence-corrected chi connectivity index (χ1v) is 6.74. The van der Waals surface area contributed by atoms with Gasteiger partial charge >= 0.3 is 5.97 Å². The lowest BCUT2D eigenvalue weighted by Gasteiger charge is -1.99. The molecule has 0 unspecified atom stereocenters. The Morgan fingerprint density at radius 1 is 1.25 bits per heavy atom. The van der Waals surface area contributed by atoms with E-state index >= 15 is 0 Å². The second-order valence-electron chi connectivity index (χ2n) is 4.47. The molecule has 0 saturated carbocycles. The molecule has 0 atom stereocenters. The van der Waals surface area contributed by atoms with Crippen molar-refractivity contribution in [3.05, 3.63) is 52.0 Å². The molecule has 0 radical (unpaired) electrons. The van der Waals surface area contributed by atoms with Crippen LogP contribution in [0.3, 0.4) is 0 Å². The highest BCUT2D eigenvalue weighted by Crippen LogP contribution is 2.28. The number of nitrogens with zero attached hydrogens (tertiary/aromatic N) is 1. The minimum atomic E-state index is -0.977. The van der Waals surface area contributed by atoms with Crippen LogP contribution >= 0.6 is 15.9 Å². The van der Waals surface area contributed by atoms with Gasteiger partial charge in [-0.25, -0.2) is 9.78 Å². The zero-order valence-corrected chi connectivity index (χ0v) is 12.1. The summed E-state index contributed by atoms with van der Waals surface area (Å²) in [5, 5.41) is 8.97. The molecule has 1 aromatic heterocycles. The number of hydrogen-bond acceptors (Lipinski definition) is 3. The number of rotatable bonds is 2. The lowest BCUT2D eigenvalue weighted by atomic mass is 10.1. The van der Waals surface area contributed by atoms with E-state index in [2.05, 4.69) is 20.9 Å². The summed E-state index contributed by atoms with van der Waals surface area (Å²) in [6.07, 6.45) is 0. The second kappa shape index (κ2) is 4.76. The number of aromatic carboxylic acids is 1. The Balaban J connectivity index is 2.12. The van der Waals surface area contributed by atoms with Gasteiger partial charge in [-0.15, -0.1) is 0 Å². The van der Waals surface area contributed by atoms with Crippen LogP contribution in [0.2, 0.25) is 0 Å². The molecule has 0 spiro atoms. The summed E-state index contributed by atoms with van der Waals surface area (Å²) in [5.41, 5.74) is 3.27. The molecule has 2 aromatic carbocycles. The molecule has 100 valence electrons. The maximum Gasteiger partial charge on any atom is 0.335 e. The van der Waals surface area contributed by atoms with Gasteiger partial charge in [0, 0.05) is 10.0 Å². The van der Waals surface area contributed by atoms with E-state index in [9.17, 15) is 4.79 Å². The second-order valence-corrected chi connectivity index (χ2v) is 5.32. The third-order valence-electron chi connectivity index (χ3n) is 3.05. The Hall–Kier alpha value is -2.14. The highest BCUT2D eigenvalue weighted by atomic mass is 79.9. The normalized spacial score (nSPS) is 10.9. The predicted molar refractivity (Wildman–Crippen MR) is 78.8 cm³/mol. The van der Waals surface area contributed by atoms with E-state index in [1.807, 2.05) is 25.1 Å². The van der Waals surface area contributed by atoms with E-state index in [1.165, 1.54) is 12.1 Å². The third-order valence-corrected chi connectivity index (χ3v) is 3.91. The van der Waals surface area contributed by atoms with Crippen molar-refractivity contribution in [3.63, 3.8) is 0 Å². The number of oxazole rings is 1. The van der Waals surface area contributed by atoms with Crippen LogP contribution in [-0.4, -0.2) is 16.1 Å². The molecular weight excluding hydrogens is 322 g/mol. The summed E-state index contributed by atoms with van der Waals surface area (Å²) in [7, 11) is 0. The first kappa shape index (κ1) is 12.9. The quantitative estimate of drug-likeness (QED) is 0.761. The highest BCUT2D eigenvalue weighted by molar-refractivity contribution is 9.10. The van der Waals surface area contributed by atoms with Gasteiger partial charge in [0.15, 0.2) is 5.58 Å². The van der Waals surface area contributed by atoms with E-state index in [0.717, 1.165) is 15.6 Å². The van der Waals surface area contributed by atoms with Crippen LogP contribution in [0.4, 0.5) is 0 Å². The third kappa shape index (κ3) is 2.20. The summed E-state index contributed by atoms with van der Waals surface area (Å²) >= 11 is 3.47. The van der Waals surface area contributed by atoms with Crippen LogP contribution in [-0.2, 0) is 0 Å². The molecule has 5 heteroatoms. The Morgan fingerprint density at radius 3 is 2.75 bits per heavy atom. The summed E-state index contributed by atoms with van der Waals surface area (Å²) in [4.78, 5) is 15.3. The van der Waals surface area contributed by atoms with Gasteiger partial charge < -0.3 is 9.52 Å². The zero-order valence-electron chi connectivity index (χ0n) is 10.6. The van der Waals surface area contributed by atoms with Gasteiger partial charge in [0.25, 0.3) is 0 Å². The minimum absolute atomic E-state index is 0.197. The molecule has 4 nitrogen and oxygen atoms in total. The zero-order chi connectivity index (χ0) is 14.3. The van der Waals surface area contributed by atoms with Gasteiger partial charge in [0.2, 0.25) is 5.89 Å². The molecule has 0 aliphatic carbocycles. The SMILES string of the molecule is Cc1ccc(-c2nc3cc(C(=O)O)ccc3o2)cc1Br. The standard InChI is InChI=1S/C15H10BrNO3/c1-8-2-3-9(6-11(8)16)14-17-12-7-10(15(18)19)4-5-13(12)20-14/h2-7H,1H3,(H,18,19). The van der Waals surface area contributed by atoms with Gasteiger partial charge in [0.1, 0.15) is 5.52 Å². The molecule has 0 fully saturated rings. The van der Waals surface area contributed by atoms with Crippen molar-refractivity contribution in [3.8, 4) is 11.5 Å². The topological polar surface area (TPSA) is 63.3 Å². The molecule has 3 rings (SSSR count). The van der Waals surface area contributed by atoms with E-state index < -0.39 is 5.97 Å². The fourth-order valence-electron chi connectivity index (χ4n) is 1.91. The number of halogens is 1. The lowest BCUT2D eigenvalue weighted by Crippen LogP contribution is -1.94. The van der Waals surface area contributed by atoms with E-state index in [-0.39, 0.29) is 5.56 Å². The Morgan fingerprint density at radius 2 is 2.05 bits per heavy atom.